The molecule has 0 saturated carbocycles. The molecule has 1 atom stereocenters. The van der Waals surface area contributed by atoms with Crippen molar-refractivity contribution in [3.8, 4) is 0 Å². The maximum absolute atomic E-state index is 9.94. The Morgan fingerprint density at radius 1 is 1.25 bits per heavy atom. The quantitative estimate of drug-likeness (QED) is 0.789. The summed E-state index contributed by atoms with van der Waals surface area (Å²) in [7, 11) is 0. The first-order chi connectivity index (χ1) is 7.86. The molecule has 0 amide bonds. The lowest BCUT2D eigenvalue weighted by molar-refractivity contribution is 0.0684. The van der Waals surface area contributed by atoms with Crippen LogP contribution in [-0.2, 0) is 11.2 Å². The third kappa shape index (κ3) is 1.68. The van der Waals surface area contributed by atoms with E-state index in [1.807, 2.05) is 0 Å². The number of fused-ring (bicyclic) bond motifs is 1. The summed E-state index contributed by atoms with van der Waals surface area (Å²) >= 11 is 0. The Kier molecular flexibility index (Phi) is 2.74. The first-order valence-electron chi connectivity index (χ1n) is 6.31. The average molecular weight is 221 g/mol. The highest BCUT2D eigenvalue weighted by atomic mass is 16.5. The number of hydrogen-bond donors (Lipinski definition) is 1. The molecule has 3 nitrogen and oxygen atoms in total. The minimum Gasteiger partial charge on any atom is -0.388 e. The molecular formula is C13H19NO2. The summed E-state index contributed by atoms with van der Waals surface area (Å²) in [5.74, 6) is 0. The minimum atomic E-state index is -0.232. The summed E-state index contributed by atoms with van der Waals surface area (Å²) in [4.78, 5) is 0. The molecule has 1 N–H and O–H groups in total. The van der Waals surface area contributed by atoms with E-state index in [-0.39, 0.29) is 6.10 Å². The van der Waals surface area contributed by atoms with Gasteiger partial charge in [-0.15, -0.1) is 0 Å². The van der Waals surface area contributed by atoms with Crippen molar-refractivity contribution in [2.45, 2.75) is 44.2 Å². The van der Waals surface area contributed by atoms with E-state index in [0.717, 1.165) is 50.9 Å². The van der Waals surface area contributed by atoms with Gasteiger partial charge in [0.2, 0.25) is 0 Å². The number of rotatable bonds is 1. The van der Waals surface area contributed by atoms with Crippen LogP contribution in [-0.4, -0.2) is 22.9 Å². The lowest BCUT2D eigenvalue weighted by atomic mass is 9.95. The predicted molar refractivity (Wildman–Crippen MR) is 61.4 cm³/mol. The molecule has 88 valence electrons. The number of nitrogens with zero attached hydrogens (tertiary/aromatic N) is 1. The Bertz CT molecular complexity index is 366. The molecule has 2 aliphatic rings. The van der Waals surface area contributed by atoms with Gasteiger partial charge in [-0.1, -0.05) is 0 Å². The molecule has 1 aliphatic carbocycles. The summed E-state index contributed by atoms with van der Waals surface area (Å²) in [5.41, 5.74) is 2.53. The average Bonchev–Trinajstić information content (AvgIpc) is 2.75. The van der Waals surface area contributed by atoms with Crippen LogP contribution in [0.2, 0.25) is 0 Å². The summed E-state index contributed by atoms with van der Waals surface area (Å²) < 4.78 is 7.79. The van der Waals surface area contributed by atoms with E-state index < -0.39 is 0 Å². The van der Waals surface area contributed by atoms with Gasteiger partial charge in [0.15, 0.2) is 0 Å². The van der Waals surface area contributed by atoms with Crippen LogP contribution in [0.5, 0.6) is 0 Å². The highest BCUT2D eigenvalue weighted by Crippen LogP contribution is 2.34. The normalized spacial score (nSPS) is 26.7. The van der Waals surface area contributed by atoms with Gasteiger partial charge in [0, 0.05) is 36.7 Å². The van der Waals surface area contributed by atoms with E-state index in [2.05, 4.69) is 16.8 Å². The zero-order valence-electron chi connectivity index (χ0n) is 9.56. The molecule has 0 spiro atoms. The van der Waals surface area contributed by atoms with Gasteiger partial charge in [0.25, 0.3) is 0 Å². The zero-order valence-corrected chi connectivity index (χ0v) is 9.56. The largest absolute Gasteiger partial charge is 0.388 e. The highest BCUT2D eigenvalue weighted by molar-refractivity contribution is 5.28. The summed E-state index contributed by atoms with van der Waals surface area (Å²) in [6.07, 6.45) is 7.30. The van der Waals surface area contributed by atoms with E-state index >= 15 is 0 Å². The Balaban J connectivity index is 1.89. The van der Waals surface area contributed by atoms with E-state index in [1.54, 1.807) is 0 Å². The molecule has 1 aromatic rings. The summed E-state index contributed by atoms with van der Waals surface area (Å²) in [6, 6.07) is 2.69. The molecule has 0 bridgehead atoms. The Morgan fingerprint density at radius 2 is 2.06 bits per heavy atom. The van der Waals surface area contributed by atoms with Crippen molar-refractivity contribution in [3.63, 3.8) is 0 Å². The van der Waals surface area contributed by atoms with Crippen LogP contribution in [0.3, 0.4) is 0 Å². The van der Waals surface area contributed by atoms with E-state index in [1.165, 1.54) is 5.69 Å². The van der Waals surface area contributed by atoms with Gasteiger partial charge < -0.3 is 14.4 Å². The molecular weight excluding hydrogens is 202 g/mol. The third-order valence-corrected chi connectivity index (χ3v) is 3.89. The fourth-order valence-electron chi connectivity index (χ4n) is 3.00. The van der Waals surface area contributed by atoms with Gasteiger partial charge in [0.05, 0.1) is 6.10 Å². The lowest BCUT2D eigenvalue weighted by Gasteiger charge is -2.28. The number of aliphatic hydroxyl groups excluding tert-OH is 1. The molecule has 1 fully saturated rings. The molecule has 1 unspecified atom stereocenters. The molecule has 1 aliphatic heterocycles. The molecule has 3 heteroatoms. The molecule has 0 aromatic carbocycles. The second-order valence-electron chi connectivity index (χ2n) is 4.88. The van der Waals surface area contributed by atoms with Crippen LogP contribution in [0, 0.1) is 0 Å². The fraction of sp³-hybridized carbons (Fsp3) is 0.692. The van der Waals surface area contributed by atoms with Crippen LogP contribution >= 0.6 is 0 Å². The van der Waals surface area contributed by atoms with Gasteiger partial charge in [-0.25, -0.2) is 0 Å². The SMILES string of the molecule is OC1CCCc2c1ccn2C1CCOCC1. The smallest absolute Gasteiger partial charge is 0.0807 e. The maximum atomic E-state index is 9.94. The molecule has 2 heterocycles. The number of hydrogen-bond acceptors (Lipinski definition) is 2. The number of aromatic nitrogens is 1. The number of aliphatic hydroxyl groups is 1. The van der Waals surface area contributed by atoms with Gasteiger partial charge in [-0.2, -0.15) is 0 Å². The minimum absolute atomic E-state index is 0.232. The summed E-state index contributed by atoms with van der Waals surface area (Å²) in [6.45, 7) is 1.75. The standard InChI is InChI=1S/C13H19NO2/c15-13-3-1-2-12-11(13)4-7-14(12)10-5-8-16-9-6-10/h4,7,10,13,15H,1-3,5-6,8-9H2. The van der Waals surface area contributed by atoms with Crippen LogP contribution in [0.25, 0.3) is 0 Å². The Labute approximate surface area is 96.0 Å². The molecule has 1 saturated heterocycles. The van der Waals surface area contributed by atoms with Crippen LogP contribution in [0.1, 0.15) is 49.1 Å². The van der Waals surface area contributed by atoms with Crippen molar-refractivity contribution in [2.24, 2.45) is 0 Å². The zero-order chi connectivity index (χ0) is 11.0. The first-order valence-corrected chi connectivity index (χ1v) is 6.31. The van der Waals surface area contributed by atoms with Crippen molar-refractivity contribution in [1.82, 2.24) is 4.57 Å². The van der Waals surface area contributed by atoms with Gasteiger partial charge in [-0.05, 0) is 38.2 Å². The lowest BCUT2D eigenvalue weighted by Crippen LogP contribution is -2.22. The van der Waals surface area contributed by atoms with E-state index in [4.69, 9.17) is 4.74 Å². The van der Waals surface area contributed by atoms with Gasteiger partial charge in [0.1, 0.15) is 0 Å². The second-order valence-corrected chi connectivity index (χ2v) is 4.88. The van der Waals surface area contributed by atoms with Crippen molar-refractivity contribution >= 4 is 0 Å². The van der Waals surface area contributed by atoms with Crippen LogP contribution in [0.4, 0.5) is 0 Å². The molecule has 16 heavy (non-hydrogen) atoms. The van der Waals surface area contributed by atoms with Crippen molar-refractivity contribution in [2.75, 3.05) is 13.2 Å². The Hall–Kier alpha value is -0.800. The second kappa shape index (κ2) is 4.22. The highest BCUT2D eigenvalue weighted by Gasteiger charge is 2.25. The van der Waals surface area contributed by atoms with Crippen molar-refractivity contribution in [3.05, 3.63) is 23.5 Å². The molecule has 3 rings (SSSR count). The van der Waals surface area contributed by atoms with Gasteiger partial charge in [-0.3, -0.25) is 0 Å². The van der Waals surface area contributed by atoms with Crippen molar-refractivity contribution < 1.29 is 9.84 Å². The van der Waals surface area contributed by atoms with Crippen LogP contribution in [0.15, 0.2) is 12.3 Å². The predicted octanol–water partition coefficient (Wildman–Crippen LogP) is 2.21. The first kappa shape index (κ1) is 10.4. The topological polar surface area (TPSA) is 34.4 Å². The Morgan fingerprint density at radius 3 is 2.88 bits per heavy atom. The maximum Gasteiger partial charge on any atom is 0.0807 e. The monoisotopic (exact) mass is 221 g/mol. The number of ether oxygens (including phenoxy) is 1. The third-order valence-electron chi connectivity index (χ3n) is 3.89. The molecule has 1 aromatic heterocycles. The van der Waals surface area contributed by atoms with Crippen LogP contribution < -0.4 is 0 Å². The fourth-order valence-corrected chi connectivity index (χ4v) is 3.00. The van der Waals surface area contributed by atoms with E-state index in [9.17, 15) is 5.11 Å². The van der Waals surface area contributed by atoms with Gasteiger partial charge >= 0.3 is 0 Å². The molecule has 0 radical (unpaired) electrons. The van der Waals surface area contributed by atoms with Crippen molar-refractivity contribution in [1.29, 1.82) is 0 Å². The van der Waals surface area contributed by atoms with E-state index in [0.29, 0.717) is 6.04 Å². The summed E-state index contributed by atoms with van der Waals surface area (Å²) in [5, 5.41) is 9.94.